The average molecular weight is 237 g/mol. The summed E-state index contributed by atoms with van der Waals surface area (Å²) in [5.41, 5.74) is 5.96. The molecule has 0 bridgehead atoms. The highest BCUT2D eigenvalue weighted by atomic mass is 16.4. The molecule has 6 nitrogen and oxygen atoms in total. The number of aliphatic carboxylic acids is 1. The molecule has 0 aromatic carbocycles. The highest BCUT2D eigenvalue weighted by Gasteiger charge is 2.22. The third kappa shape index (κ3) is 4.20. The van der Waals surface area contributed by atoms with Crippen LogP contribution < -0.4 is 11.1 Å². The lowest BCUT2D eigenvalue weighted by Crippen LogP contribution is -2.48. The number of amides is 1. The molecule has 92 valence electrons. The lowest BCUT2D eigenvalue weighted by atomic mass is 10.1. The fraction of sp³-hybridized carbons (Fsp3) is 0.364. The molecule has 6 heteroatoms. The Balaban J connectivity index is 2.68. The van der Waals surface area contributed by atoms with E-state index in [1.165, 1.54) is 6.92 Å². The molecule has 0 unspecified atom stereocenters. The largest absolute Gasteiger partial charge is 0.480 e. The van der Waals surface area contributed by atoms with E-state index in [9.17, 15) is 9.59 Å². The standard InChI is InChI=1S/C11H15N3O3/c1-7(12)10(15)14-9(11(16)17)6-8-4-2-3-5-13-8/h2-5,7,9H,6,12H2,1H3,(H,14,15)(H,16,17)/t7-,9+/m1/s1. The summed E-state index contributed by atoms with van der Waals surface area (Å²) in [5.74, 6) is -1.60. The minimum Gasteiger partial charge on any atom is -0.480 e. The third-order valence-corrected chi connectivity index (χ3v) is 2.17. The summed E-state index contributed by atoms with van der Waals surface area (Å²) in [5, 5.41) is 11.3. The second-order valence-electron chi connectivity index (χ2n) is 3.71. The molecule has 1 amide bonds. The predicted octanol–water partition coefficient (Wildman–Crippen LogP) is -0.459. The molecule has 1 aromatic rings. The van der Waals surface area contributed by atoms with Crippen molar-refractivity contribution in [1.29, 1.82) is 0 Å². The van der Waals surface area contributed by atoms with Crippen LogP contribution in [-0.4, -0.2) is 34.1 Å². The number of carbonyl (C=O) groups is 2. The molecule has 0 fully saturated rings. The fourth-order valence-corrected chi connectivity index (χ4v) is 1.23. The van der Waals surface area contributed by atoms with E-state index in [0.717, 1.165) is 0 Å². The average Bonchev–Trinajstić information content (AvgIpc) is 2.29. The van der Waals surface area contributed by atoms with Gasteiger partial charge in [0.2, 0.25) is 5.91 Å². The molecular formula is C11H15N3O3. The molecule has 1 rings (SSSR count). The molecule has 0 aliphatic carbocycles. The highest BCUT2D eigenvalue weighted by Crippen LogP contribution is 2.00. The van der Waals surface area contributed by atoms with Gasteiger partial charge in [0.05, 0.1) is 6.04 Å². The number of pyridine rings is 1. The van der Waals surface area contributed by atoms with Crippen LogP contribution in [0.5, 0.6) is 0 Å². The first-order valence-corrected chi connectivity index (χ1v) is 5.19. The summed E-state index contributed by atoms with van der Waals surface area (Å²) in [4.78, 5) is 26.3. The van der Waals surface area contributed by atoms with Gasteiger partial charge >= 0.3 is 5.97 Å². The van der Waals surface area contributed by atoms with Crippen LogP contribution in [-0.2, 0) is 16.0 Å². The van der Waals surface area contributed by atoms with Gasteiger partial charge in [0.15, 0.2) is 0 Å². The zero-order chi connectivity index (χ0) is 12.8. The lowest BCUT2D eigenvalue weighted by molar-refractivity contribution is -0.141. The normalized spacial score (nSPS) is 13.8. The Morgan fingerprint density at radius 3 is 2.71 bits per heavy atom. The second kappa shape index (κ2) is 5.95. The van der Waals surface area contributed by atoms with Gasteiger partial charge in [-0.15, -0.1) is 0 Å². The van der Waals surface area contributed by atoms with E-state index in [1.807, 2.05) is 0 Å². The molecule has 0 spiro atoms. The Bertz CT molecular complexity index is 392. The van der Waals surface area contributed by atoms with Crippen LogP contribution in [0.25, 0.3) is 0 Å². The number of carboxylic acids is 1. The van der Waals surface area contributed by atoms with Crippen molar-refractivity contribution in [2.24, 2.45) is 5.73 Å². The zero-order valence-electron chi connectivity index (χ0n) is 9.46. The molecule has 1 heterocycles. The number of carboxylic acid groups (broad SMARTS) is 1. The Hall–Kier alpha value is -1.95. The predicted molar refractivity (Wildman–Crippen MR) is 61.2 cm³/mol. The summed E-state index contributed by atoms with van der Waals surface area (Å²) in [7, 11) is 0. The van der Waals surface area contributed by atoms with E-state index in [1.54, 1.807) is 24.4 Å². The summed E-state index contributed by atoms with van der Waals surface area (Å²) in [6.45, 7) is 1.50. The Morgan fingerprint density at radius 1 is 1.53 bits per heavy atom. The van der Waals surface area contributed by atoms with Crippen molar-refractivity contribution in [3.05, 3.63) is 30.1 Å². The first-order valence-electron chi connectivity index (χ1n) is 5.19. The summed E-state index contributed by atoms with van der Waals surface area (Å²) in [6, 6.07) is 3.45. The lowest BCUT2D eigenvalue weighted by Gasteiger charge is -2.15. The molecule has 0 radical (unpaired) electrons. The molecule has 0 aliphatic rings. The number of carbonyl (C=O) groups excluding carboxylic acids is 1. The van der Waals surface area contributed by atoms with Crippen molar-refractivity contribution in [2.45, 2.75) is 25.4 Å². The number of nitrogens with two attached hydrogens (primary N) is 1. The van der Waals surface area contributed by atoms with Crippen LogP contribution in [0.1, 0.15) is 12.6 Å². The van der Waals surface area contributed by atoms with Crippen LogP contribution >= 0.6 is 0 Å². The van der Waals surface area contributed by atoms with Crippen LogP contribution in [0.2, 0.25) is 0 Å². The monoisotopic (exact) mass is 237 g/mol. The maximum atomic E-state index is 11.3. The van der Waals surface area contributed by atoms with Crippen molar-refractivity contribution in [3.8, 4) is 0 Å². The minimum atomic E-state index is -1.11. The van der Waals surface area contributed by atoms with Crippen molar-refractivity contribution >= 4 is 11.9 Å². The van der Waals surface area contributed by atoms with Gasteiger partial charge in [-0.25, -0.2) is 4.79 Å². The molecule has 17 heavy (non-hydrogen) atoms. The Morgan fingerprint density at radius 2 is 2.24 bits per heavy atom. The molecule has 2 atom stereocenters. The summed E-state index contributed by atoms with van der Waals surface area (Å²) < 4.78 is 0. The Labute approximate surface area is 98.8 Å². The van der Waals surface area contributed by atoms with Crippen LogP contribution in [0.4, 0.5) is 0 Å². The van der Waals surface area contributed by atoms with Gasteiger partial charge in [-0.05, 0) is 19.1 Å². The second-order valence-corrected chi connectivity index (χ2v) is 3.71. The van der Waals surface area contributed by atoms with Gasteiger partial charge < -0.3 is 16.2 Å². The molecule has 0 saturated heterocycles. The van der Waals surface area contributed by atoms with Gasteiger partial charge in [-0.2, -0.15) is 0 Å². The van der Waals surface area contributed by atoms with E-state index in [4.69, 9.17) is 10.8 Å². The molecule has 4 N–H and O–H groups in total. The van der Waals surface area contributed by atoms with Crippen LogP contribution in [0, 0.1) is 0 Å². The first kappa shape index (κ1) is 13.1. The maximum absolute atomic E-state index is 11.3. The SMILES string of the molecule is C[C@@H](N)C(=O)N[C@@H](Cc1ccccn1)C(=O)O. The van der Waals surface area contributed by atoms with Gasteiger partial charge in [-0.1, -0.05) is 6.07 Å². The Kier molecular flexibility index (Phi) is 4.59. The van der Waals surface area contributed by atoms with Gasteiger partial charge in [0, 0.05) is 18.3 Å². The molecule has 0 saturated carbocycles. The highest BCUT2D eigenvalue weighted by molar-refractivity contribution is 5.86. The van der Waals surface area contributed by atoms with Crippen molar-refractivity contribution in [2.75, 3.05) is 0 Å². The first-order chi connectivity index (χ1) is 8.00. The minimum absolute atomic E-state index is 0.134. The van der Waals surface area contributed by atoms with Crippen LogP contribution in [0.3, 0.4) is 0 Å². The molecule has 1 aromatic heterocycles. The van der Waals surface area contributed by atoms with E-state index in [0.29, 0.717) is 5.69 Å². The van der Waals surface area contributed by atoms with E-state index in [-0.39, 0.29) is 6.42 Å². The smallest absolute Gasteiger partial charge is 0.326 e. The van der Waals surface area contributed by atoms with E-state index in [2.05, 4.69) is 10.3 Å². The maximum Gasteiger partial charge on any atom is 0.326 e. The third-order valence-electron chi connectivity index (χ3n) is 2.17. The van der Waals surface area contributed by atoms with Crippen molar-refractivity contribution < 1.29 is 14.7 Å². The van der Waals surface area contributed by atoms with Crippen molar-refractivity contribution in [3.63, 3.8) is 0 Å². The number of hydrogen-bond acceptors (Lipinski definition) is 4. The number of nitrogens with zero attached hydrogens (tertiary/aromatic N) is 1. The number of nitrogens with one attached hydrogen (secondary N) is 1. The summed E-state index contributed by atoms with van der Waals surface area (Å²) >= 11 is 0. The van der Waals surface area contributed by atoms with Crippen LogP contribution in [0.15, 0.2) is 24.4 Å². The molecular weight excluding hydrogens is 222 g/mol. The van der Waals surface area contributed by atoms with E-state index >= 15 is 0 Å². The van der Waals surface area contributed by atoms with Gasteiger partial charge in [0.1, 0.15) is 6.04 Å². The van der Waals surface area contributed by atoms with E-state index < -0.39 is 24.0 Å². The van der Waals surface area contributed by atoms with Crippen molar-refractivity contribution in [1.82, 2.24) is 10.3 Å². The van der Waals surface area contributed by atoms with Gasteiger partial charge in [-0.3, -0.25) is 9.78 Å². The topological polar surface area (TPSA) is 105 Å². The number of hydrogen-bond donors (Lipinski definition) is 3. The number of aromatic nitrogens is 1. The quantitative estimate of drug-likeness (QED) is 0.642. The summed E-state index contributed by atoms with van der Waals surface area (Å²) in [6.07, 6.45) is 1.70. The number of rotatable bonds is 5. The van der Waals surface area contributed by atoms with Gasteiger partial charge in [0.25, 0.3) is 0 Å². The molecule has 0 aliphatic heterocycles. The zero-order valence-corrected chi connectivity index (χ0v) is 9.46. The fourth-order valence-electron chi connectivity index (χ4n) is 1.23.